The van der Waals surface area contributed by atoms with Crippen molar-refractivity contribution in [3.8, 4) is 0 Å². The average molecular weight is 329 g/mol. The number of anilines is 1. The highest BCUT2D eigenvalue weighted by Gasteiger charge is 2.34. The van der Waals surface area contributed by atoms with E-state index in [-0.39, 0.29) is 11.9 Å². The molecule has 1 fully saturated rings. The van der Waals surface area contributed by atoms with Gasteiger partial charge in [-0.25, -0.2) is 0 Å². The summed E-state index contributed by atoms with van der Waals surface area (Å²) in [6.07, 6.45) is 2.29. The quantitative estimate of drug-likeness (QED) is 0.846. The fourth-order valence-corrected chi connectivity index (χ4v) is 3.16. The molecule has 0 radical (unpaired) electrons. The molecule has 0 spiro atoms. The van der Waals surface area contributed by atoms with Gasteiger partial charge in [-0.3, -0.25) is 9.69 Å². The van der Waals surface area contributed by atoms with Crippen molar-refractivity contribution in [3.05, 3.63) is 65.2 Å². The van der Waals surface area contributed by atoms with E-state index in [1.165, 1.54) is 0 Å². The molecule has 2 aromatic carbocycles. The van der Waals surface area contributed by atoms with Crippen LogP contribution in [0.3, 0.4) is 0 Å². The van der Waals surface area contributed by atoms with Crippen molar-refractivity contribution in [2.24, 2.45) is 0 Å². The van der Waals surface area contributed by atoms with Crippen molar-refractivity contribution in [1.29, 1.82) is 0 Å². The van der Waals surface area contributed by atoms with Gasteiger partial charge in [-0.1, -0.05) is 48.0 Å². The normalized spacial score (nSPS) is 15.4. The second-order valence-electron chi connectivity index (χ2n) is 6.02. The van der Waals surface area contributed by atoms with Gasteiger partial charge in [0.2, 0.25) is 5.91 Å². The Kier molecular flexibility index (Phi) is 4.99. The molecule has 1 aliphatic rings. The lowest BCUT2D eigenvalue weighted by Gasteiger charge is -2.29. The van der Waals surface area contributed by atoms with Gasteiger partial charge in [0, 0.05) is 22.8 Å². The van der Waals surface area contributed by atoms with Crippen LogP contribution in [0.2, 0.25) is 5.02 Å². The molecule has 1 aliphatic carbocycles. The van der Waals surface area contributed by atoms with E-state index in [0.29, 0.717) is 12.6 Å². The number of carbonyl (C=O) groups is 1. The molecular weight excluding hydrogens is 308 g/mol. The Morgan fingerprint density at radius 1 is 1.17 bits per heavy atom. The van der Waals surface area contributed by atoms with Crippen LogP contribution in [0.15, 0.2) is 54.6 Å². The fourth-order valence-electron chi connectivity index (χ4n) is 2.87. The summed E-state index contributed by atoms with van der Waals surface area (Å²) in [5, 5.41) is 3.72. The van der Waals surface area contributed by atoms with Crippen LogP contribution in [-0.2, 0) is 4.79 Å². The van der Waals surface area contributed by atoms with E-state index in [1.54, 1.807) is 0 Å². The van der Waals surface area contributed by atoms with Crippen LogP contribution in [0.25, 0.3) is 0 Å². The lowest BCUT2D eigenvalue weighted by Crippen LogP contribution is -2.37. The van der Waals surface area contributed by atoms with Crippen LogP contribution >= 0.6 is 11.6 Å². The predicted octanol–water partition coefficient (Wildman–Crippen LogP) is 4.50. The number of nitrogens with one attached hydrogen (secondary N) is 1. The van der Waals surface area contributed by atoms with Gasteiger partial charge in [-0.2, -0.15) is 0 Å². The number of rotatable bonds is 6. The number of halogens is 1. The Morgan fingerprint density at radius 2 is 1.83 bits per heavy atom. The van der Waals surface area contributed by atoms with Crippen LogP contribution in [0.4, 0.5) is 5.69 Å². The summed E-state index contributed by atoms with van der Waals surface area (Å²) in [5.74, 6) is 0.0157. The van der Waals surface area contributed by atoms with Crippen LogP contribution in [0.1, 0.15) is 31.4 Å². The summed E-state index contributed by atoms with van der Waals surface area (Å²) in [6, 6.07) is 18.0. The Hall–Kier alpha value is -1.84. The third kappa shape index (κ3) is 4.12. The van der Waals surface area contributed by atoms with Crippen LogP contribution in [0.5, 0.6) is 0 Å². The minimum atomic E-state index is 0.0157. The standard InChI is InChI=1S/C19H21ClN2O/c1-14(17-9-5-6-10-18(17)20)22(16-11-12-16)13-19(23)21-15-7-3-2-4-8-15/h2-10,14,16H,11-13H2,1H3,(H,21,23)/t14-/m0/s1. The van der Waals surface area contributed by atoms with Gasteiger partial charge < -0.3 is 5.32 Å². The van der Waals surface area contributed by atoms with E-state index >= 15 is 0 Å². The first-order chi connectivity index (χ1) is 11.1. The topological polar surface area (TPSA) is 32.3 Å². The van der Waals surface area contributed by atoms with Crippen molar-refractivity contribution in [2.75, 3.05) is 11.9 Å². The smallest absolute Gasteiger partial charge is 0.238 e. The van der Waals surface area contributed by atoms with Gasteiger partial charge in [0.25, 0.3) is 0 Å². The molecule has 3 rings (SSSR count). The molecule has 0 bridgehead atoms. The average Bonchev–Trinajstić information content (AvgIpc) is 3.38. The Bertz CT molecular complexity index is 670. The highest BCUT2D eigenvalue weighted by Crippen LogP contribution is 2.36. The number of para-hydroxylation sites is 1. The van der Waals surface area contributed by atoms with E-state index in [4.69, 9.17) is 11.6 Å². The summed E-state index contributed by atoms with van der Waals surface area (Å²) >= 11 is 6.33. The Labute approximate surface area is 142 Å². The number of hydrogen-bond donors (Lipinski definition) is 1. The molecule has 120 valence electrons. The zero-order valence-electron chi connectivity index (χ0n) is 13.2. The molecule has 1 saturated carbocycles. The molecule has 1 amide bonds. The highest BCUT2D eigenvalue weighted by molar-refractivity contribution is 6.31. The van der Waals surface area contributed by atoms with Crippen LogP contribution < -0.4 is 5.32 Å². The van der Waals surface area contributed by atoms with Gasteiger partial charge in [0.05, 0.1) is 6.54 Å². The molecule has 1 N–H and O–H groups in total. The van der Waals surface area contributed by atoms with Gasteiger partial charge in [0.15, 0.2) is 0 Å². The van der Waals surface area contributed by atoms with Crippen molar-refractivity contribution in [1.82, 2.24) is 4.90 Å². The van der Waals surface area contributed by atoms with E-state index in [9.17, 15) is 4.79 Å². The fraction of sp³-hybridized carbons (Fsp3) is 0.316. The second-order valence-corrected chi connectivity index (χ2v) is 6.42. The minimum absolute atomic E-state index is 0.0157. The van der Waals surface area contributed by atoms with Gasteiger partial charge in [0.1, 0.15) is 0 Å². The maximum Gasteiger partial charge on any atom is 0.238 e. The van der Waals surface area contributed by atoms with Crippen molar-refractivity contribution < 1.29 is 4.79 Å². The summed E-state index contributed by atoms with van der Waals surface area (Å²) in [7, 11) is 0. The highest BCUT2D eigenvalue weighted by atomic mass is 35.5. The van der Waals surface area contributed by atoms with Gasteiger partial charge in [-0.15, -0.1) is 0 Å². The largest absolute Gasteiger partial charge is 0.325 e. The molecule has 0 unspecified atom stereocenters. The molecule has 4 heteroatoms. The maximum absolute atomic E-state index is 12.4. The number of amides is 1. The zero-order valence-corrected chi connectivity index (χ0v) is 14.0. The summed E-state index contributed by atoms with van der Waals surface area (Å²) in [5.41, 5.74) is 1.91. The van der Waals surface area contributed by atoms with Crippen molar-refractivity contribution >= 4 is 23.2 Å². The third-order valence-corrected chi connectivity index (χ3v) is 4.60. The van der Waals surface area contributed by atoms with Gasteiger partial charge >= 0.3 is 0 Å². The summed E-state index contributed by atoms with van der Waals surface area (Å²) in [6.45, 7) is 2.50. The molecule has 2 aromatic rings. The zero-order chi connectivity index (χ0) is 16.2. The molecule has 23 heavy (non-hydrogen) atoms. The van der Waals surface area contributed by atoms with Crippen LogP contribution in [-0.4, -0.2) is 23.4 Å². The van der Waals surface area contributed by atoms with E-state index in [2.05, 4.69) is 17.1 Å². The van der Waals surface area contributed by atoms with Crippen molar-refractivity contribution in [3.63, 3.8) is 0 Å². The van der Waals surface area contributed by atoms with Gasteiger partial charge in [-0.05, 0) is 43.5 Å². The molecule has 0 saturated heterocycles. The van der Waals surface area contributed by atoms with Crippen molar-refractivity contribution in [2.45, 2.75) is 31.8 Å². The first-order valence-corrected chi connectivity index (χ1v) is 8.38. The molecule has 0 heterocycles. The summed E-state index contributed by atoms with van der Waals surface area (Å²) in [4.78, 5) is 14.6. The monoisotopic (exact) mass is 328 g/mol. The minimum Gasteiger partial charge on any atom is -0.325 e. The number of nitrogens with zero attached hydrogens (tertiary/aromatic N) is 1. The maximum atomic E-state index is 12.4. The number of benzene rings is 2. The van der Waals surface area contributed by atoms with E-state index < -0.39 is 0 Å². The first-order valence-electron chi connectivity index (χ1n) is 8.00. The van der Waals surface area contributed by atoms with Crippen LogP contribution in [0, 0.1) is 0 Å². The second kappa shape index (κ2) is 7.16. The summed E-state index contributed by atoms with van der Waals surface area (Å²) < 4.78 is 0. The molecule has 1 atom stereocenters. The SMILES string of the molecule is C[C@@H](c1ccccc1Cl)N(CC(=O)Nc1ccccc1)C1CC1. The Balaban J connectivity index is 1.70. The molecule has 3 nitrogen and oxygen atoms in total. The molecule has 0 aliphatic heterocycles. The molecule has 0 aromatic heterocycles. The van der Waals surface area contributed by atoms with E-state index in [1.807, 2.05) is 54.6 Å². The first kappa shape index (κ1) is 16.0. The third-order valence-electron chi connectivity index (χ3n) is 4.25. The lowest BCUT2D eigenvalue weighted by atomic mass is 10.1. The number of carbonyl (C=O) groups excluding carboxylic acids is 1. The Morgan fingerprint density at radius 3 is 2.48 bits per heavy atom. The predicted molar refractivity (Wildman–Crippen MR) is 94.7 cm³/mol. The lowest BCUT2D eigenvalue weighted by molar-refractivity contribution is -0.118. The number of hydrogen-bond acceptors (Lipinski definition) is 2. The molecular formula is C19H21ClN2O. The van der Waals surface area contributed by atoms with E-state index in [0.717, 1.165) is 29.1 Å².